The second kappa shape index (κ2) is 6.92. The first-order valence-electron chi connectivity index (χ1n) is 9.00. The number of nitrogens with one attached hydrogen (secondary N) is 2. The van der Waals surface area contributed by atoms with Crippen LogP contribution in [0.1, 0.15) is 41.4 Å². The molecule has 1 aliphatic heterocycles. The minimum atomic E-state index is -0.329. The molecule has 6 nitrogen and oxygen atoms in total. The zero-order chi connectivity index (χ0) is 19.8. The Morgan fingerprint density at radius 3 is 2.68 bits per heavy atom. The van der Waals surface area contributed by atoms with Crippen LogP contribution in [0.4, 0.5) is 15.8 Å². The highest BCUT2D eigenvalue weighted by Gasteiger charge is 2.22. The van der Waals surface area contributed by atoms with E-state index in [0.717, 1.165) is 16.9 Å². The Morgan fingerprint density at radius 1 is 1.21 bits per heavy atom. The molecule has 2 amide bonds. The van der Waals surface area contributed by atoms with Crippen LogP contribution in [0.15, 0.2) is 48.7 Å². The minimum absolute atomic E-state index is 0.0233. The van der Waals surface area contributed by atoms with Gasteiger partial charge in [-0.25, -0.2) is 9.07 Å². The number of aromatic nitrogens is 2. The molecule has 0 saturated heterocycles. The van der Waals surface area contributed by atoms with Crippen molar-refractivity contribution in [2.45, 2.75) is 26.2 Å². The molecule has 0 unspecified atom stereocenters. The Labute approximate surface area is 161 Å². The number of hydrogen-bond donors (Lipinski definition) is 2. The van der Waals surface area contributed by atoms with E-state index in [1.54, 1.807) is 35.0 Å². The molecule has 2 N–H and O–H groups in total. The van der Waals surface area contributed by atoms with Gasteiger partial charge in [0.15, 0.2) is 0 Å². The number of carbonyl (C=O) groups excluding carboxylic acids is 2. The number of rotatable bonds is 4. The lowest BCUT2D eigenvalue weighted by molar-refractivity contribution is -0.115. The highest BCUT2D eigenvalue weighted by Crippen LogP contribution is 2.28. The maximum Gasteiger partial charge on any atom is 0.259 e. The molecular formula is C21H19FN4O2. The average Bonchev–Trinajstić information content (AvgIpc) is 3.25. The summed E-state index contributed by atoms with van der Waals surface area (Å²) in [5.74, 6) is -0.643. The van der Waals surface area contributed by atoms with Crippen LogP contribution in [0.3, 0.4) is 0 Å². The van der Waals surface area contributed by atoms with Crippen LogP contribution >= 0.6 is 0 Å². The van der Waals surface area contributed by atoms with Crippen LogP contribution in [0.5, 0.6) is 0 Å². The lowest BCUT2D eigenvalue weighted by Gasteiger charge is -2.13. The molecule has 1 aliphatic rings. The van der Waals surface area contributed by atoms with Crippen LogP contribution in [-0.2, 0) is 11.2 Å². The molecule has 0 spiro atoms. The number of hydrogen-bond acceptors (Lipinski definition) is 3. The summed E-state index contributed by atoms with van der Waals surface area (Å²) in [5, 5.41) is 9.99. The van der Waals surface area contributed by atoms with E-state index in [-0.39, 0.29) is 23.5 Å². The molecule has 3 aromatic rings. The van der Waals surface area contributed by atoms with Crippen molar-refractivity contribution in [3.63, 3.8) is 0 Å². The topological polar surface area (TPSA) is 76.0 Å². The van der Waals surface area contributed by atoms with Gasteiger partial charge in [-0.1, -0.05) is 13.8 Å². The number of anilines is 2. The van der Waals surface area contributed by atoms with E-state index in [2.05, 4.69) is 15.7 Å². The normalized spacial score (nSPS) is 12.8. The standard InChI is InChI=1S/C21H19FN4O2/c1-12(2)20-17(11-23-26(20)16-6-3-14(22)4-7-16)21(28)24-15-5-8-18-13(9-15)10-19(27)25-18/h3-9,11-12H,10H2,1-2H3,(H,24,28)(H,25,27). The molecule has 28 heavy (non-hydrogen) atoms. The molecule has 2 heterocycles. The van der Waals surface area contributed by atoms with E-state index in [0.29, 0.717) is 23.4 Å². The number of benzene rings is 2. The van der Waals surface area contributed by atoms with Crippen LogP contribution in [0, 0.1) is 5.82 Å². The van der Waals surface area contributed by atoms with Crippen molar-refractivity contribution in [3.05, 3.63) is 71.3 Å². The molecule has 0 fully saturated rings. The summed E-state index contributed by atoms with van der Waals surface area (Å²) < 4.78 is 14.9. The van der Waals surface area contributed by atoms with Crippen molar-refractivity contribution in [2.24, 2.45) is 0 Å². The first-order valence-corrected chi connectivity index (χ1v) is 9.00. The van der Waals surface area contributed by atoms with Crippen molar-refractivity contribution in [1.29, 1.82) is 0 Å². The minimum Gasteiger partial charge on any atom is -0.326 e. The van der Waals surface area contributed by atoms with Crippen LogP contribution < -0.4 is 10.6 Å². The molecule has 142 valence electrons. The van der Waals surface area contributed by atoms with Gasteiger partial charge in [-0.15, -0.1) is 0 Å². The van der Waals surface area contributed by atoms with Crippen molar-refractivity contribution in [1.82, 2.24) is 9.78 Å². The second-order valence-corrected chi connectivity index (χ2v) is 7.04. The van der Waals surface area contributed by atoms with E-state index in [1.807, 2.05) is 13.8 Å². The van der Waals surface area contributed by atoms with Crippen LogP contribution in [0.25, 0.3) is 5.69 Å². The molecule has 1 aromatic heterocycles. The quantitative estimate of drug-likeness (QED) is 0.723. The molecule has 7 heteroatoms. The number of halogens is 1. The fourth-order valence-corrected chi connectivity index (χ4v) is 3.38. The summed E-state index contributed by atoms with van der Waals surface area (Å²) in [5.41, 5.74) is 4.12. The molecule has 0 atom stereocenters. The summed E-state index contributed by atoms with van der Waals surface area (Å²) in [6, 6.07) is 11.3. The highest BCUT2D eigenvalue weighted by atomic mass is 19.1. The Morgan fingerprint density at radius 2 is 1.96 bits per heavy atom. The Kier molecular flexibility index (Phi) is 4.43. The van der Waals surface area contributed by atoms with Crippen molar-refractivity contribution in [3.8, 4) is 5.69 Å². The molecule has 2 aromatic carbocycles. The Balaban J connectivity index is 1.64. The maximum atomic E-state index is 13.2. The number of fused-ring (bicyclic) bond motifs is 1. The van der Waals surface area contributed by atoms with E-state index in [4.69, 9.17) is 0 Å². The highest BCUT2D eigenvalue weighted by molar-refractivity contribution is 6.06. The number of nitrogens with zero attached hydrogens (tertiary/aromatic N) is 2. The van der Waals surface area contributed by atoms with Gasteiger partial charge in [0.1, 0.15) is 5.82 Å². The molecule has 4 rings (SSSR count). The average molecular weight is 378 g/mol. The van der Waals surface area contributed by atoms with Gasteiger partial charge in [-0.05, 0) is 53.9 Å². The monoisotopic (exact) mass is 378 g/mol. The van der Waals surface area contributed by atoms with Crippen molar-refractivity contribution < 1.29 is 14.0 Å². The summed E-state index contributed by atoms with van der Waals surface area (Å²) in [4.78, 5) is 24.4. The van der Waals surface area contributed by atoms with Crippen molar-refractivity contribution >= 4 is 23.2 Å². The predicted octanol–water partition coefficient (Wildman–Crippen LogP) is 3.88. The Bertz CT molecular complexity index is 1070. The maximum absolute atomic E-state index is 13.2. The molecule has 0 aliphatic carbocycles. The van der Waals surface area contributed by atoms with E-state index < -0.39 is 0 Å². The van der Waals surface area contributed by atoms with Gasteiger partial charge in [-0.2, -0.15) is 5.10 Å². The SMILES string of the molecule is CC(C)c1c(C(=O)Nc2ccc3c(c2)CC(=O)N3)cnn1-c1ccc(F)cc1. The van der Waals surface area contributed by atoms with Gasteiger partial charge in [0.25, 0.3) is 5.91 Å². The summed E-state index contributed by atoms with van der Waals surface area (Å²) in [7, 11) is 0. The predicted molar refractivity (Wildman–Crippen MR) is 104 cm³/mol. The smallest absolute Gasteiger partial charge is 0.259 e. The largest absolute Gasteiger partial charge is 0.326 e. The molecule has 0 saturated carbocycles. The van der Waals surface area contributed by atoms with E-state index in [1.165, 1.54) is 18.3 Å². The third-order valence-corrected chi connectivity index (χ3v) is 4.66. The second-order valence-electron chi connectivity index (χ2n) is 7.04. The van der Waals surface area contributed by atoms with Crippen molar-refractivity contribution in [2.75, 3.05) is 10.6 Å². The van der Waals surface area contributed by atoms with Crippen LogP contribution in [-0.4, -0.2) is 21.6 Å². The summed E-state index contributed by atoms with van der Waals surface area (Å²) in [6.45, 7) is 3.95. The first kappa shape index (κ1) is 17.9. The lowest BCUT2D eigenvalue weighted by atomic mass is 10.0. The third kappa shape index (κ3) is 3.26. The molecule has 0 radical (unpaired) electrons. The van der Waals surface area contributed by atoms with Gasteiger partial charge in [-0.3, -0.25) is 9.59 Å². The van der Waals surface area contributed by atoms with Gasteiger partial charge < -0.3 is 10.6 Å². The number of amides is 2. The number of carbonyl (C=O) groups is 2. The summed E-state index contributed by atoms with van der Waals surface area (Å²) in [6.07, 6.45) is 1.82. The lowest BCUT2D eigenvalue weighted by Crippen LogP contribution is -2.15. The zero-order valence-corrected chi connectivity index (χ0v) is 15.5. The van der Waals surface area contributed by atoms with E-state index in [9.17, 15) is 14.0 Å². The van der Waals surface area contributed by atoms with Gasteiger partial charge in [0, 0.05) is 11.4 Å². The zero-order valence-electron chi connectivity index (χ0n) is 15.5. The van der Waals surface area contributed by atoms with E-state index >= 15 is 0 Å². The third-order valence-electron chi connectivity index (χ3n) is 4.66. The van der Waals surface area contributed by atoms with Gasteiger partial charge in [0.2, 0.25) is 5.91 Å². The summed E-state index contributed by atoms with van der Waals surface area (Å²) >= 11 is 0. The van der Waals surface area contributed by atoms with Gasteiger partial charge >= 0.3 is 0 Å². The van der Waals surface area contributed by atoms with Crippen LogP contribution in [0.2, 0.25) is 0 Å². The first-order chi connectivity index (χ1) is 13.4. The molecule has 0 bridgehead atoms. The fourth-order valence-electron chi connectivity index (χ4n) is 3.38. The Hall–Kier alpha value is -3.48. The fraction of sp³-hybridized carbons (Fsp3) is 0.190. The van der Waals surface area contributed by atoms with Gasteiger partial charge in [0.05, 0.1) is 29.6 Å². The molecular weight excluding hydrogens is 359 g/mol.